The lowest BCUT2D eigenvalue weighted by Crippen LogP contribution is -2.51. The molecule has 0 amide bonds. The molecule has 0 aliphatic carbocycles. The van der Waals surface area contributed by atoms with Crippen LogP contribution in [0.1, 0.15) is 19.8 Å². The third kappa shape index (κ3) is 4.64. The van der Waals surface area contributed by atoms with E-state index in [0.717, 1.165) is 0 Å². The Hall–Kier alpha value is -0.800. The monoisotopic (exact) mass is 335 g/mol. The molecule has 0 aliphatic rings. The molecule has 0 aromatic heterocycles. The van der Waals surface area contributed by atoms with Crippen LogP contribution in [0.15, 0.2) is 0 Å². The number of carboxylic acid groups (broad SMARTS) is 2. The Balaban J connectivity index is 5.43. The minimum atomic E-state index is -5.44. The molecule has 0 radical (unpaired) electrons. The van der Waals surface area contributed by atoms with Crippen molar-refractivity contribution in [3.05, 3.63) is 0 Å². The van der Waals surface area contributed by atoms with E-state index in [9.17, 15) is 18.7 Å². The second kappa shape index (κ2) is 6.31. The van der Waals surface area contributed by atoms with Crippen LogP contribution in [0, 0.1) is 0 Å². The first-order chi connectivity index (χ1) is 8.72. The second-order valence-electron chi connectivity index (χ2n) is 4.08. The van der Waals surface area contributed by atoms with Crippen LogP contribution in [-0.2, 0) is 18.7 Å². The lowest BCUT2D eigenvalue weighted by atomic mass is 10.1. The Bertz CT molecular complexity index is 456. The van der Waals surface area contributed by atoms with Gasteiger partial charge in [-0.2, -0.15) is 0 Å². The summed E-state index contributed by atoms with van der Waals surface area (Å²) in [5, 5.41) is 15.8. The second-order valence-corrected chi connectivity index (χ2v) is 8.39. The zero-order valence-electron chi connectivity index (χ0n) is 10.2. The van der Waals surface area contributed by atoms with E-state index in [1.165, 1.54) is 0 Å². The van der Waals surface area contributed by atoms with E-state index >= 15 is 0 Å². The molecule has 0 fully saturated rings. The minimum absolute atomic E-state index is 0.477. The van der Waals surface area contributed by atoms with Crippen molar-refractivity contribution >= 4 is 27.1 Å². The van der Waals surface area contributed by atoms with Gasteiger partial charge in [0.2, 0.25) is 5.02 Å². The summed E-state index contributed by atoms with van der Waals surface area (Å²) in [5.41, 5.74) is 0. The SMILES string of the molecule is CC(NC(CCC(=O)O)C(=O)O)(P(=O)(O)O)P(=O)(O)O. The topological polar surface area (TPSA) is 202 Å². The van der Waals surface area contributed by atoms with Gasteiger partial charge in [0, 0.05) is 6.42 Å². The largest absolute Gasteiger partial charge is 0.481 e. The fourth-order valence-corrected chi connectivity index (χ4v) is 3.20. The van der Waals surface area contributed by atoms with Gasteiger partial charge in [-0.05, 0) is 13.3 Å². The van der Waals surface area contributed by atoms with E-state index in [1.807, 2.05) is 0 Å². The van der Waals surface area contributed by atoms with Gasteiger partial charge in [0.05, 0.1) is 0 Å². The predicted molar refractivity (Wildman–Crippen MR) is 63.9 cm³/mol. The molecule has 118 valence electrons. The molecule has 13 heteroatoms. The summed E-state index contributed by atoms with van der Waals surface area (Å²) in [6.07, 6.45) is -1.28. The molecule has 0 aromatic rings. The highest BCUT2D eigenvalue weighted by Crippen LogP contribution is 2.67. The summed E-state index contributed by atoms with van der Waals surface area (Å²) >= 11 is 0. The molecule has 0 saturated heterocycles. The molecule has 0 saturated carbocycles. The molecular weight excluding hydrogens is 320 g/mol. The van der Waals surface area contributed by atoms with Gasteiger partial charge in [-0.1, -0.05) is 0 Å². The molecule has 0 heterocycles. The number of carbonyl (C=O) groups is 2. The molecule has 0 aliphatic heterocycles. The van der Waals surface area contributed by atoms with Crippen LogP contribution in [-0.4, -0.2) is 52.8 Å². The van der Waals surface area contributed by atoms with E-state index < -0.39 is 51.0 Å². The van der Waals surface area contributed by atoms with Crippen molar-refractivity contribution in [2.75, 3.05) is 0 Å². The van der Waals surface area contributed by atoms with Gasteiger partial charge in [0.1, 0.15) is 6.04 Å². The average molecular weight is 335 g/mol. The van der Waals surface area contributed by atoms with Crippen molar-refractivity contribution in [3.8, 4) is 0 Å². The Morgan fingerprint density at radius 1 is 1.10 bits per heavy atom. The maximum Gasteiger partial charge on any atom is 0.357 e. The molecule has 1 atom stereocenters. The molecule has 0 bridgehead atoms. The molecular formula is C7H15NO10P2. The Kier molecular flexibility index (Phi) is 6.06. The highest BCUT2D eigenvalue weighted by atomic mass is 31.2. The number of hydrogen-bond acceptors (Lipinski definition) is 5. The quantitative estimate of drug-likeness (QED) is 0.266. The summed E-state index contributed by atoms with van der Waals surface area (Å²) in [5.74, 6) is -3.06. The van der Waals surface area contributed by atoms with E-state index in [0.29, 0.717) is 6.92 Å². The highest BCUT2D eigenvalue weighted by molar-refractivity contribution is 7.72. The number of hydrogen-bond donors (Lipinski definition) is 7. The van der Waals surface area contributed by atoms with Crippen LogP contribution in [0.25, 0.3) is 0 Å². The number of rotatable bonds is 8. The molecule has 0 spiro atoms. The molecule has 7 N–H and O–H groups in total. The zero-order valence-corrected chi connectivity index (χ0v) is 12.0. The Labute approximate surface area is 112 Å². The van der Waals surface area contributed by atoms with Gasteiger partial charge in [-0.25, -0.2) is 0 Å². The van der Waals surface area contributed by atoms with Crippen molar-refractivity contribution in [1.29, 1.82) is 0 Å². The summed E-state index contributed by atoms with van der Waals surface area (Å²) in [7, 11) is -10.9. The van der Waals surface area contributed by atoms with Crippen molar-refractivity contribution in [2.45, 2.75) is 30.8 Å². The first kappa shape index (κ1) is 19.2. The first-order valence-electron chi connectivity index (χ1n) is 5.06. The van der Waals surface area contributed by atoms with Gasteiger partial charge in [-0.3, -0.25) is 24.0 Å². The van der Waals surface area contributed by atoms with E-state index in [2.05, 4.69) is 0 Å². The summed E-state index contributed by atoms with van der Waals surface area (Å²) in [4.78, 5) is 57.4. The van der Waals surface area contributed by atoms with Crippen LogP contribution < -0.4 is 5.32 Å². The predicted octanol–water partition coefficient (Wildman–Crippen LogP) is -1.08. The summed E-state index contributed by atoms with van der Waals surface area (Å²) in [6.45, 7) is 0.477. The minimum Gasteiger partial charge on any atom is -0.481 e. The number of aliphatic carboxylic acids is 2. The lowest BCUT2D eigenvalue weighted by molar-refractivity contribution is -0.140. The summed E-state index contributed by atoms with van der Waals surface area (Å²) < 4.78 is 22.5. The smallest absolute Gasteiger partial charge is 0.357 e. The van der Waals surface area contributed by atoms with Crippen LogP contribution in [0.3, 0.4) is 0 Å². The van der Waals surface area contributed by atoms with Crippen LogP contribution in [0.2, 0.25) is 0 Å². The Morgan fingerprint density at radius 2 is 1.50 bits per heavy atom. The standard InChI is InChI=1S/C7H15NO10P2/c1-7(19(13,14)15,20(16,17)18)8-4(6(11)12)2-3-5(9)10/h4,8H,2-3H2,1H3,(H,9,10)(H,11,12)(H2,13,14,15)(H2,16,17,18). The fraction of sp³-hybridized carbons (Fsp3) is 0.714. The zero-order chi connectivity index (χ0) is 16.4. The normalized spacial score (nSPS) is 14.8. The van der Waals surface area contributed by atoms with Gasteiger partial charge < -0.3 is 29.8 Å². The Morgan fingerprint density at radius 3 is 1.75 bits per heavy atom. The number of carboxylic acids is 2. The lowest BCUT2D eigenvalue weighted by Gasteiger charge is -2.34. The maximum atomic E-state index is 11.2. The van der Waals surface area contributed by atoms with Crippen LogP contribution in [0.4, 0.5) is 0 Å². The molecule has 1 unspecified atom stereocenters. The van der Waals surface area contributed by atoms with Gasteiger partial charge in [-0.15, -0.1) is 0 Å². The molecule has 0 aromatic carbocycles. The average Bonchev–Trinajstić information content (AvgIpc) is 2.19. The van der Waals surface area contributed by atoms with E-state index in [-0.39, 0.29) is 0 Å². The highest BCUT2D eigenvalue weighted by Gasteiger charge is 2.57. The van der Waals surface area contributed by atoms with Crippen molar-refractivity contribution in [1.82, 2.24) is 5.32 Å². The molecule has 0 rings (SSSR count). The van der Waals surface area contributed by atoms with Crippen molar-refractivity contribution in [2.24, 2.45) is 0 Å². The van der Waals surface area contributed by atoms with Gasteiger partial charge in [0.25, 0.3) is 0 Å². The maximum absolute atomic E-state index is 11.2. The van der Waals surface area contributed by atoms with Crippen LogP contribution in [0.5, 0.6) is 0 Å². The first-order valence-corrected chi connectivity index (χ1v) is 8.28. The number of nitrogens with one attached hydrogen (secondary N) is 1. The third-order valence-electron chi connectivity index (χ3n) is 2.53. The summed E-state index contributed by atoms with van der Waals surface area (Å²) in [6, 6.07) is -1.85. The van der Waals surface area contributed by atoms with Gasteiger partial charge >= 0.3 is 27.1 Å². The van der Waals surface area contributed by atoms with Crippen molar-refractivity contribution < 1.29 is 48.5 Å². The third-order valence-corrected chi connectivity index (χ3v) is 6.62. The molecule has 20 heavy (non-hydrogen) atoms. The molecule has 11 nitrogen and oxygen atoms in total. The van der Waals surface area contributed by atoms with E-state index in [1.54, 1.807) is 5.32 Å². The van der Waals surface area contributed by atoms with Crippen LogP contribution >= 0.6 is 15.2 Å². The fourth-order valence-electron chi connectivity index (χ4n) is 1.19. The van der Waals surface area contributed by atoms with Gasteiger partial charge in [0.15, 0.2) is 0 Å². The van der Waals surface area contributed by atoms with E-state index in [4.69, 9.17) is 29.8 Å². The van der Waals surface area contributed by atoms with Crippen molar-refractivity contribution in [3.63, 3.8) is 0 Å².